The monoisotopic (exact) mass is 440 g/mol. The Balaban J connectivity index is 1.11. The summed E-state index contributed by atoms with van der Waals surface area (Å²) in [5.74, 6) is 2.11. The standard InChI is InChI=1S/C25H36N4O3/c1-18-23(26-20-9-10-20)25(31)29(24(18)30)12-4-11-27-13-15-28(16-14-27)21-5-2-3-6-22(21)32-17-19-7-8-19/h2-3,5-6,19-20,26,30-31H,4,7-17H2,1H3. The van der Waals surface area contributed by atoms with Crippen LogP contribution in [0.2, 0.25) is 0 Å². The van der Waals surface area contributed by atoms with Crippen LogP contribution < -0.4 is 15.0 Å². The Kier molecular flexibility index (Phi) is 6.09. The van der Waals surface area contributed by atoms with Crippen LogP contribution in [0.4, 0.5) is 11.4 Å². The molecule has 7 heteroatoms. The summed E-state index contributed by atoms with van der Waals surface area (Å²) in [6.45, 7) is 8.26. The van der Waals surface area contributed by atoms with Gasteiger partial charge >= 0.3 is 0 Å². The molecule has 2 heterocycles. The molecule has 1 saturated heterocycles. The number of hydrogen-bond acceptors (Lipinski definition) is 6. The van der Waals surface area contributed by atoms with Crippen LogP contribution in [0.15, 0.2) is 24.3 Å². The van der Waals surface area contributed by atoms with E-state index in [4.69, 9.17) is 4.74 Å². The van der Waals surface area contributed by atoms with Crippen molar-refractivity contribution in [1.82, 2.24) is 9.47 Å². The van der Waals surface area contributed by atoms with Crippen LogP contribution in [0, 0.1) is 12.8 Å². The predicted octanol–water partition coefficient (Wildman–Crippen LogP) is 3.78. The minimum absolute atomic E-state index is 0.166. The third-order valence-corrected chi connectivity index (χ3v) is 6.98. The second kappa shape index (κ2) is 9.14. The first-order valence-corrected chi connectivity index (χ1v) is 12.2. The maximum absolute atomic E-state index is 10.6. The van der Waals surface area contributed by atoms with E-state index in [1.807, 2.05) is 6.92 Å². The van der Waals surface area contributed by atoms with E-state index in [2.05, 4.69) is 39.4 Å². The van der Waals surface area contributed by atoms with Crippen LogP contribution >= 0.6 is 0 Å². The van der Waals surface area contributed by atoms with Gasteiger partial charge in [0.1, 0.15) is 11.4 Å². The molecule has 3 fully saturated rings. The van der Waals surface area contributed by atoms with E-state index in [1.165, 1.54) is 18.5 Å². The maximum atomic E-state index is 10.6. The summed E-state index contributed by atoms with van der Waals surface area (Å²) in [5.41, 5.74) is 2.65. The lowest BCUT2D eigenvalue weighted by Crippen LogP contribution is -2.46. The molecule has 5 rings (SSSR count). The Morgan fingerprint density at radius 3 is 2.44 bits per heavy atom. The zero-order chi connectivity index (χ0) is 22.1. The number of aromatic nitrogens is 1. The number of nitrogens with zero attached hydrogens (tertiary/aromatic N) is 3. The van der Waals surface area contributed by atoms with Crippen LogP contribution in [0.5, 0.6) is 17.5 Å². The van der Waals surface area contributed by atoms with Crippen molar-refractivity contribution >= 4 is 11.4 Å². The van der Waals surface area contributed by atoms with Crippen LogP contribution in [0.1, 0.15) is 37.7 Å². The van der Waals surface area contributed by atoms with Gasteiger partial charge in [0.25, 0.3) is 0 Å². The Hall–Kier alpha value is -2.54. The van der Waals surface area contributed by atoms with Gasteiger partial charge in [0.2, 0.25) is 5.88 Å². The Labute approximate surface area is 190 Å². The van der Waals surface area contributed by atoms with Crippen molar-refractivity contribution < 1.29 is 14.9 Å². The zero-order valence-electron chi connectivity index (χ0n) is 19.1. The number of piperazine rings is 1. The first-order chi connectivity index (χ1) is 15.6. The molecule has 0 amide bonds. The van der Waals surface area contributed by atoms with Crippen molar-refractivity contribution in [2.24, 2.45) is 5.92 Å². The Morgan fingerprint density at radius 1 is 0.969 bits per heavy atom. The second-order valence-electron chi connectivity index (χ2n) is 9.62. The van der Waals surface area contributed by atoms with Gasteiger partial charge in [-0.25, -0.2) is 0 Å². The highest BCUT2D eigenvalue weighted by Gasteiger charge is 2.27. The highest BCUT2D eigenvalue weighted by atomic mass is 16.5. The van der Waals surface area contributed by atoms with E-state index in [9.17, 15) is 10.2 Å². The van der Waals surface area contributed by atoms with Crippen LogP contribution in [0.25, 0.3) is 0 Å². The summed E-state index contributed by atoms with van der Waals surface area (Å²) in [5, 5.41) is 24.4. The average Bonchev–Trinajstić information content (AvgIpc) is 3.73. The highest BCUT2D eigenvalue weighted by molar-refractivity contribution is 5.65. The molecule has 0 radical (unpaired) electrons. The quantitative estimate of drug-likeness (QED) is 0.522. The predicted molar refractivity (Wildman–Crippen MR) is 127 cm³/mol. The van der Waals surface area contributed by atoms with E-state index in [1.54, 1.807) is 4.57 Å². The van der Waals surface area contributed by atoms with Gasteiger partial charge in [0, 0.05) is 44.3 Å². The summed E-state index contributed by atoms with van der Waals surface area (Å²) in [6, 6.07) is 8.85. The lowest BCUT2D eigenvalue weighted by atomic mass is 10.2. The fourth-order valence-electron chi connectivity index (χ4n) is 4.53. The van der Waals surface area contributed by atoms with Crippen molar-refractivity contribution in [3.05, 3.63) is 29.8 Å². The Morgan fingerprint density at radius 2 is 1.72 bits per heavy atom. The summed E-state index contributed by atoms with van der Waals surface area (Å²) >= 11 is 0. The summed E-state index contributed by atoms with van der Waals surface area (Å²) in [4.78, 5) is 4.90. The van der Waals surface area contributed by atoms with Crippen molar-refractivity contribution in [3.63, 3.8) is 0 Å². The number of benzene rings is 1. The molecule has 0 atom stereocenters. The largest absolute Gasteiger partial charge is 0.494 e. The van der Waals surface area contributed by atoms with E-state index >= 15 is 0 Å². The molecule has 3 N–H and O–H groups in total. The molecule has 1 aliphatic heterocycles. The summed E-state index contributed by atoms with van der Waals surface area (Å²) in [6.07, 6.45) is 5.76. The van der Waals surface area contributed by atoms with Crippen molar-refractivity contribution in [2.45, 2.75) is 51.6 Å². The molecule has 0 unspecified atom stereocenters. The normalized spacial score (nSPS) is 19.3. The van der Waals surface area contributed by atoms with Crippen LogP contribution in [-0.4, -0.2) is 65.1 Å². The third-order valence-electron chi connectivity index (χ3n) is 6.98. The second-order valence-corrected chi connectivity index (χ2v) is 9.62. The van der Waals surface area contributed by atoms with Crippen molar-refractivity contribution in [3.8, 4) is 17.5 Å². The molecule has 2 aromatic rings. The molecule has 2 saturated carbocycles. The minimum Gasteiger partial charge on any atom is -0.494 e. The fourth-order valence-corrected chi connectivity index (χ4v) is 4.53. The fraction of sp³-hybridized carbons (Fsp3) is 0.600. The first-order valence-electron chi connectivity index (χ1n) is 12.2. The summed E-state index contributed by atoms with van der Waals surface area (Å²) < 4.78 is 7.75. The third kappa shape index (κ3) is 4.77. The van der Waals surface area contributed by atoms with Crippen LogP contribution in [-0.2, 0) is 6.54 Å². The first kappa shape index (κ1) is 21.3. The van der Waals surface area contributed by atoms with Gasteiger partial charge in [-0.1, -0.05) is 12.1 Å². The number of hydrogen-bond donors (Lipinski definition) is 3. The van der Waals surface area contributed by atoms with Crippen molar-refractivity contribution in [1.29, 1.82) is 0 Å². The van der Waals surface area contributed by atoms with E-state index in [0.29, 0.717) is 18.3 Å². The molecule has 32 heavy (non-hydrogen) atoms. The van der Waals surface area contributed by atoms with E-state index < -0.39 is 0 Å². The van der Waals surface area contributed by atoms with Gasteiger partial charge in [-0.05, 0) is 63.6 Å². The van der Waals surface area contributed by atoms with Gasteiger partial charge < -0.3 is 25.2 Å². The number of ether oxygens (including phenoxy) is 1. The van der Waals surface area contributed by atoms with E-state index in [-0.39, 0.29) is 11.8 Å². The highest BCUT2D eigenvalue weighted by Crippen LogP contribution is 2.40. The minimum atomic E-state index is 0.166. The topological polar surface area (TPSA) is 73.1 Å². The number of nitrogens with one attached hydrogen (secondary N) is 1. The molecule has 7 nitrogen and oxygen atoms in total. The zero-order valence-corrected chi connectivity index (χ0v) is 19.1. The molecule has 1 aromatic heterocycles. The van der Waals surface area contributed by atoms with Crippen LogP contribution in [0.3, 0.4) is 0 Å². The number of rotatable bonds is 10. The van der Waals surface area contributed by atoms with E-state index in [0.717, 1.165) is 75.8 Å². The lowest BCUT2D eigenvalue weighted by Gasteiger charge is -2.36. The van der Waals surface area contributed by atoms with Gasteiger partial charge in [-0.2, -0.15) is 0 Å². The maximum Gasteiger partial charge on any atom is 0.218 e. The molecule has 0 bridgehead atoms. The molecule has 2 aliphatic carbocycles. The van der Waals surface area contributed by atoms with Gasteiger partial charge in [-0.15, -0.1) is 0 Å². The lowest BCUT2D eigenvalue weighted by molar-refractivity contribution is 0.244. The molecule has 0 spiro atoms. The average molecular weight is 441 g/mol. The van der Waals surface area contributed by atoms with Crippen molar-refractivity contribution in [2.75, 3.05) is 49.5 Å². The summed E-state index contributed by atoms with van der Waals surface area (Å²) in [7, 11) is 0. The molecular weight excluding hydrogens is 404 g/mol. The van der Waals surface area contributed by atoms with Gasteiger partial charge in [0.15, 0.2) is 5.88 Å². The van der Waals surface area contributed by atoms with Gasteiger partial charge in [-0.3, -0.25) is 9.47 Å². The number of aromatic hydroxyl groups is 2. The van der Waals surface area contributed by atoms with Gasteiger partial charge in [0.05, 0.1) is 12.3 Å². The Bertz CT molecular complexity index is 928. The molecule has 3 aliphatic rings. The number of para-hydroxylation sites is 2. The number of anilines is 2. The SMILES string of the molecule is Cc1c(NC2CC2)c(O)n(CCCN2CCN(c3ccccc3OCC3CC3)CC2)c1O. The molecule has 174 valence electrons. The molecule has 1 aromatic carbocycles. The smallest absolute Gasteiger partial charge is 0.218 e. The molecular formula is C25H36N4O3.